The van der Waals surface area contributed by atoms with E-state index in [1.807, 2.05) is 13.0 Å². The molecule has 0 radical (unpaired) electrons. The minimum atomic E-state index is -3.72. The third kappa shape index (κ3) is 4.66. The minimum Gasteiger partial charge on any atom is -0.465 e. The predicted molar refractivity (Wildman–Crippen MR) is 134 cm³/mol. The van der Waals surface area contributed by atoms with Crippen molar-refractivity contribution in [3.63, 3.8) is 0 Å². The molecule has 5 rings (SSSR count). The Balaban J connectivity index is 0.00000304. The maximum absolute atomic E-state index is 13.2. The summed E-state index contributed by atoms with van der Waals surface area (Å²) in [6, 6.07) is 4.35. The summed E-state index contributed by atoms with van der Waals surface area (Å²) in [5.74, 6) is -1.35. The quantitative estimate of drug-likeness (QED) is 0.399. The van der Waals surface area contributed by atoms with Gasteiger partial charge >= 0.3 is 6.09 Å². The van der Waals surface area contributed by atoms with E-state index in [1.54, 1.807) is 12.1 Å². The van der Waals surface area contributed by atoms with Crippen LogP contribution < -0.4 is 15.4 Å². The van der Waals surface area contributed by atoms with Crippen molar-refractivity contribution in [2.24, 2.45) is 11.8 Å². The van der Waals surface area contributed by atoms with Crippen LogP contribution in [0.5, 0.6) is 0 Å². The number of carbonyl (C=O) groups excluding carboxylic acids is 2. The molecule has 2 aliphatic heterocycles. The molecule has 36 heavy (non-hydrogen) atoms. The highest BCUT2D eigenvalue weighted by molar-refractivity contribution is 7.91. The number of amides is 3. The molecule has 5 atom stereocenters. The molecule has 3 unspecified atom stereocenters. The van der Waals surface area contributed by atoms with Gasteiger partial charge in [0.15, 0.2) is 0 Å². The van der Waals surface area contributed by atoms with Gasteiger partial charge in [0.1, 0.15) is 5.54 Å². The average molecular weight is 561 g/mol. The molecule has 0 spiro atoms. The number of carboxylic acid groups (broad SMARTS) is 1. The van der Waals surface area contributed by atoms with Crippen molar-refractivity contribution in [2.45, 2.75) is 68.4 Å². The van der Waals surface area contributed by atoms with E-state index in [1.165, 1.54) is 4.90 Å². The van der Waals surface area contributed by atoms with Gasteiger partial charge < -0.3 is 15.7 Å². The molecule has 1 aromatic carbocycles. The Morgan fingerprint density at radius 1 is 1.28 bits per heavy atom. The van der Waals surface area contributed by atoms with E-state index in [9.17, 15) is 27.9 Å². The Bertz CT molecular complexity index is 1190. The normalized spacial score (nSPS) is 30.8. The summed E-state index contributed by atoms with van der Waals surface area (Å²) in [4.78, 5) is 39.5. The second-order valence-electron chi connectivity index (χ2n) is 10.1. The van der Waals surface area contributed by atoms with Crippen LogP contribution in [0.25, 0.3) is 0 Å². The van der Waals surface area contributed by atoms with Crippen LogP contribution in [0.2, 0.25) is 5.02 Å². The van der Waals surface area contributed by atoms with Crippen LogP contribution in [0.15, 0.2) is 18.2 Å². The lowest BCUT2D eigenvalue weighted by molar-refractivity contribution is -0.130. The van der Waals surface area contributed by atoms with Gasteiger partial charge in [0.25, 0.3) is 5.91 Å². The van der Waals surface area contributed by atoms with E-state index in [-0.39, 0.29) is 36.7 Å². The Labute approximate surface area is 221 Å². The zero-order chi connectivity index (χ0) is 25.1. The Morgan fingerprint density at radius 2 is 2.00 bits per heavy atom. The fraction of sp³-hybridized carbons (Fsp3) is 0.609. The maximum atomic E-state index is 13.2. The monoisotopic (exact) mass is 560 g/mol. The first-order valence-corrected chi connectivity index (χ1v) is 13.9. The number of halogens is 2. The summed E-state index contributed by atoms with van der Waals surface area (Å²) in [6.45, 7) is 2.51. The predicted octanol–water partition coefficient (Wildman–Crippen LogP) is 2.17. The second kappa shape index (κ2) is 9.66. The highest BCUT2D eigenvalue weighted by Gasteiger charge is 2.61. The standard InChI is InChI=1S/C23H29ClN4O6S.ClH/c1-2-13-9-23(13,21(30)27-35(33,34)14-6-7-14)26-20(29)18-8-12(10-25-18)19-15-4-3-5-17(24)16(15)11-28(19)22(31)32;/h3-5,12-14,18-19,25H,2,6-11H2,1H3,(H,26,29)(H,27,30)(H,31,32);1H/t12-,13?,18+,19?,23?;/m1./s1. The van der Waals surface area contributed by atoms with Crippen LogP contribution in [0.4, 0.5) is 4.79 Å². The van der Waals surface area contributed by atoms with Gasteiger partial charge in [0.2, 0.25) is 15.9 Å². The minimum absolute atomic E-state index is 0. The largest absolute Gasteiger partial charge is 0.465 e. The number of carbonyl (C=O) groups is 3. The summed E-state index contributed by atoms with van der Waals surface area (Å²) in [5.41, 5.74) is 0.404. The van der Waals surface area contributed by atoms with Gasteiger partial charge in [-0.05, 0) is 54.7 Å². The van der Waals surface area contributed by atoms with Crippen molar-refractivity contribution in [1.82, 2.24) is 20.3 Å². The molecular weight excluding hydrogens is 531 g/mol. The number of sulfonamides is 1. The molecule has 4 aliphatic rings. The first-order valence-electron chi connectivity index (χ1n) is 12.0. The summed E-state index contributed by atoms with van der Waals surface area (Å²) >= 11 is 6.32. The fourth-order valence-corrected chi connectivity index (χ4v) is 7.26. The molecule has 2 aliphatic carbocycles. The summed E-state index contributed by atoms with van der Waals surface area (Å²) < 4.78 is 26.8. The number of nitrogens with one attached hydrogen (secondary N) is 3. The number of benzene rings is 1. The van der Waals surface area contributed by atoms with Gasteiger partial charge in [-0.2, -0.15) is 0 Å². The van der Waals surface area contributed by atoms with Gasteiger partial charge in [-0.15, -0.1) is 12.4 Å². The molecule has 198 valence electrons. The lowest BCUT2D eigenvalue weighted by atomic mass is 9.90. The van der Waals surface area contributed by atoms with E-state index in [0.29, 0.717) is 43.7 Å². The molecule has 0 aromatic heterocycles. The zero-order valence-corrected chi connectivity index (χ0v) is 22.1. The topological polar surface area (TPSA) is 145 Å². The van der Waals surface area contributed by atoms with E-state index >= 15 is 0 Å². The molecule has 13 heteroatoms. The van der Waals surface area contributed by atoms with Gasteiger partial charge in [-0.25, -0.2) is 13.2 Å². The number of fused-ring (bicyclic) bond motifs is 1. The van der Waals surface area contributed by atoms with Crippen LogP contribution in [0.1, 0.15) is 56.2 Å². The smallest absolute Gasteiger partial charge is 0.408 e. The van der Waals surface area contributed by atoms with Gasteiger partial charge in [-0.1, -0.05) is 37.1 Å². The molecule has 2 saturated carbocycles. The van der Waals surface area contributed by atoms with Crippen molar-refractivity contribution in [3.05, 3.63) is 34.3 Å². The van der Waals surface area contributed by atoms with Crippen molar-refractivity contribution < 1.29 is 27.9 Å². The van der Waals surface area contributed by atoms with Gasteiger partial charge in [-0.3, -0.25) is 19.2 Å². The lowest BCUT2D eigenvalue weighted by Gasteiger charge is -2.27. The molecule has 2 heterocycles. The van der Waals surface area contributed by atoms with E-state index in [0.717, 1.165) is 11.1 Å². The van der Waals surface area contributed by atoms with E-state index < -0.39 is 44.9 Å². The van der Waals surface area contributed by atoms with Crippen LogP contribution in [0, 0.1) is 11.8 Å². The number of hydrogen-bond donors (Lipinski definition) is 4. The number of nitrogens with zero attached hydrogens (tertiary/aromatic N) is 1. The number of rotatable bonds is 7. The molecule has 1 saturated heterocycles. The zero-order valence-electron chi connectivity index (χ0n) is 19.7. The van der Waals surface area contributed by atoms with Crippen LogP contribution in [-0.4, -0.2) is 59.7 Å². The molecule has 10 nitrogen and oxygen atoms in total. The van der Waals surface area contributed by atoms with Gasteiger partial charge in [0.05, 0.1) is 23.9 Å². The van der Waals surface area contributed by atoms with Crippen LogP contribution in [0.3, 0.4) is 0 Å². The highest BCUT2D eigenvalue weighted by Crippen LogP contribution is 2.47. The molecule has 4 N–H and O–H groups in total. The third-order valence-electron chi connectivity index (χ3n) is 7.86. The first-order chi connectivity index (χ1) is 16.6. The fourth-order valence-electron chi connectivity index (χ4n) is 5.65. The molecule has 1 aromatic rings. The average Bonchev–Trinajstić information content (AvgIpc) is 3.68. The Hall–Kier alpha value is -2.08. The number of hydrogen-bond acceptors (Lipinski definition) is 6. The molecule has 0 bridgehead atoms. The third-order valence-corrected chi connectivity index (χ3v) is 10.0. The maximum Gasteiger partial charge on any atom is 0.408 e. The summed E-state index contributed by atoms with van der Waals surface area (Å²) in [7, 11) is -3.72. The van der Waals surface area contributed by atoms with Gasteiger partial charge in [0, 0.05) is 11.6 Å². The Kier molecular flexibility index (Phi) is 7.24. The van der Waals surface area contributed by atoms with E-state index in [4.69, 9.17) is 11.6 Å². The van der Waals surface area contributed by atoms with Crippen LogP contribution in [-0.2, 0) is 26.2 Å². The van der Waals surface area contributed by atoms with Crippen LogP contribution >= 0.6 is 24.0 Å². The molecule has 3 amide bonds. The highest BCUT2D eigenvalue weighted by atomic mass is 35.5. The lowest BCUT2D eigenvalue weighted by Crippen LogP contribution is -2.55. The summed E-state index contributed by atoms with van der Waals surface area (Å²) in [5, 5.41) is 15.8. The van der Waals surface area contributed by atoms with Crippen molar-refractivity contribution in [2.75, 3.05) is 6.54 Å². The Morgan fingerprint density at radius 3 is 2.61 bits per heavy atom. The SMILES string of the molecule is CCC1CC1(NC(=O)[C@@H]1C[C@@H](C2c3cccc(Cl)c3CN2C(=O)O)CN1)C(=O)NS(=O)(=O)C1CC1.Cl. The first kappa shape index (κ1) is 27.0. The summed E-state index contributed by atoms with van der Waals surface area (Å²) in [6.07, 6.45) is 1.42. The molecular formula is C23H30Cl2N4O6S. The van der Waals surface area contributed by atoms with Crippen molar-refractivity contribution in [1.29, 1.82) is 0 Å². The van der Waals surface area contributed by atoms with Crippen molar-refractivity contribution in [3.8, 4) is 0 Å². The molecule has 3 fully saturated rings. The second-order valence-corrected chi connectivity index (χ2v) is 12.4. The van der Waals surface area contributed by atoms with E-state index in [2.05, 4.69) is 15.4 Å². The van der Waals surface area contributed by atoms with Crippen molar-refractivity contribution >= 4 is 51.9 Å².